The monoisotopic (exact) mass is 256 g/mol. The van der Waals surface area contributed by atoms with Crippen LogP contribution in [-0.2, 0) is 11.8 Å². The highest BCUT2D eigenvalue weighted by atomic mass is 32.1. The van der Waals surface area contributed by atoms with E-state index in [1.165, 1.54) is 16.9 Å². The number of rotatable bonds is 2. The largest absolute Gasteiger partial charge is 0.385 e. The van der Waals surface area contributed by atoms with Gasteiger partial charge >= 0.3 is 0 Å². The average molecular weight is 256 g/mol. The first kappa shape index (κ1) is 11.4. The molecule has 4 heteroatoms. The van der Waals surface area contributed by atoms with E-state index in [0.717, 1.165) is 16.9 Å². The molecule has 0 saturated carbocycles. The third-order valence-electron chi connectivity index (χ3n) is 3.67. The number of benzene rings is 1. The number of hydrogen-bond acceptors (Lipinski definition) is 4. The second kappa shape index (κ2) is 4.20. The van der Waals surface area contributed by atoms with Crippen LogP contribution in [0, 0.1) is 11.3 Å². The molecule has 3 rings (SSSR count). The molecule has 1 heterocycles. The van der Waals surface area contributed by atoms with Gasteiger partial charge in [-0.15, -0.1) is 11.3 Å². The number of fused-ring (bicyclic) bond motifs is 1. The van der Waals surface area contributed by atoms with Crippen molar-refractivity contribution in [3.63, 3.8) is 0 Å². The van der Waals surface area contributed by atoms with E-state index >= 15 is 0 Å². The Balaban J connectivity index is 2.11. The molecule has 1 aliphatic carbocycles. The number of aliphatic hydroxyl groups is 1. The summed E-state index contributed by atoms with van der Waals surface area (Å²) in [5.74, 6) is 0. The normalized spacial score (nSPS) is 23.3. The van der Waals surface area contributed by atoms with E-state index < -0.39 is 11.5 Å². The lowest BCUT2D eigenvalue weighted by atomic mass is 9.77. The van der Waals surface area contributed by atoms with Gasteiger partial charge in [0, 0.05) is 6.20 Å². The van der Waals surface area contributed by atoms with Gasteiger partial charge in [-0.25, -0.2) is 0 Å². The number of nitriles is 1. The number of nitrogens with zero attached hydrogens (tertiary/aromatic N) is 2. The summed E-state index contributed by atoms with van der Waals surface area (Å²) in [4.78, 5) is 4.74. The Labute approximate surface area is 109 Å². The van der Waals surface area contributed by atoms with Crippen molar-refractivity contribution in [2.75, 3.05) is 0 Å². The number of hydrogen-bond donors (Lipinski definition) is 1. The molecule has 2 aromatic rings. The predicted molar refractivity (Wildman–Crippen MR) is 69.1 cm³/mol. The van der Waals surface area contributed by atoms with Crippen LogP contribution in [-0.4, -0.2) is 10.1 Å². The highest BCUT2D eigenvalue weighted by Crippen LogP contribution is 2.47. The first-order chi connectivity index (χ1) is 8.78. The lowest BCUT2D eigenvalue weighted by Crippen LogP contribution is -2.29. The fourth-order valence-electron chi connectivity index (χ4n) is 2.70. The Bertz CT molecular complexity index is 603. The van der Waals surface area contributed by atoms with E-state index in [-0.39, 0.29) is 0 Å². The van der Waals surface area contributed by atoms with E-state index in [4.69, 9.17) is 0 Å². The van der Waals surface area contributed by atoms with Crippen molar-refractivity contribution in [2.24, 2.45) is 0 Å². The Kier molecular flexibility index (Phi) is 2.66. The molecule has 90 valence electrons. The second-order valence-electron chi connectivity index (χ2n) is 4.55. The van der Waals surface area contributed by atoms with Gasteiger partial charge in [0.2, 0.25) is 0 Å². The molecule has 1 aromatic carbocycles. The summed E-state index contributed by atoms with van der Waals surface area (Å²) in [6.45, 7) is 0. The molecule has 18 heavy (non-hydrogen) atoms. The summed E-state index contributed by atoms with van der Waals surface area (Å²) in [6.07, 6.45) is 2.37. The van der Waals surface area contributed by atoms with Crippen molar-refractivity contribution in [2.45, 2.75) is 24.4 Å². The standard InChI is InChI=1S/C14H12N2OS/c15-8-14(13(17)12-7-16-9-18-12)6-5-10-3-1-2-4-11(10)14/h1-4,7,9,13,17H,5-6H2. The molecule has 0 saturated heterocycles. The molecule has 1 N–H and O–H groups in total. The summed E-state index contributed by atoms with van der Waals surface area (Å²) in [7, 11) is 0. The predicted octanol–water partition coefficient (Wildman–Crippen LogP) is 2.58. The van der Waals surface area contributed by atoms with Crippen LogP contribution < -0.4 is 0 Å². The van der Waals surface area contributed by atoms with Gasteiger partial charge in [-0.3, -0.25) is 4.98 Å². The van der Waals surface area contributed by atoms with Crippen molar-refractivity contribution < 1.29 is 5.11 Å². The van der Waals surface area contributed by atoms with Gasteiger partial charge in [0.15, 0.2) is 0 Å². The van der Waals surface area contributed by atoms with E-state index in [9.17, 15) is 10.4 Å². The molecule has 2 unspecified atom stereocenters. The molecule has 0 radical (unpaired) electrons. The van der Waals surface area contributed by atoms with Gasteiger partial charge in [0.25, 0.3) is 0 Å². The van der Waals surface area contributed by atoms with Crippen LogP contribution in [0.5, 0.6) is 0 Å². The average Bonchev–Trinajstić information content (AvgIpc) is 3.06. The van der Waals surface area contributed by atoms with Gasteiger partial charge in [-0.05, 0) is 24.0 Å². The third-order valence-corrected chi connectivity index (χ3v) is 4.50. The van der Waals surface area contributed by atoms with Crippen LogP contribution in [0.3, 0.4) is 0 Å². The third kappa shape index (κ3) is 1.48. The number of aryl methyl sites for hydroxylation is 1. The minimum Gasteiger partial charge on any atom is -0.385 e. The zero-order valence-corrected chi connectivity index (χ0v) is 10.5. The smallest absolute Gasteiger partial charge is 0.114 e. The number of thiazole rings is 1. The maximum absolute atomic E-state index is 10.6. The fourth-order valence-corrected chi connectivity index (χ4v) is 3.40. The van der Waals surface area contributed by atoms with Gasteiger partial charge in [0.05, 0.1) is 16.5 Å². The molecular formula is C14H12N2OS. The molecule has 1 aromatic heterocycles. The summed E-state index contributed by atoms with van der Waals surface area (Å²) < 4.78 is 0. The van der Waals surface area contributed by atoms with Crippen LogP contribution in [0.1, 0.15) is 28.5 Å². The Morgan fingerprint density at radius 2 is 2.28 bits per heavy atom. The zero-order chi connectivity index (χ0) is 12.6. The molecule has 0 bridgehead atoms. The van der Waals surface area contributed by atoms with Crippen LogP contribution in [0.2, 0.25) is 0 Å². The maximum atomic E-state index is 10.6. The Morgan fingerprint density at radius 3 is 3.00 bits per heavy atom. The summed E-state index contributed by atoms with van der Waals surface area (Å²) in [6, 6.07) is 10.2. The van der Waals surface area contributed by atoms with Crippen molar-refractivity contribution in [3.8, 4) is 6.07 Å². The first-order valence-corrected chi connectivity index (χ1v) is 6.72. The maximum Gasteiger partial charge on any atom is 0.114 e. The van der Waals surface area contributed by atoms with Crippen molar-refractivity contribution in [1.29, 1.82) is 5.26 Å². The van der Waals surface area contributed by atoms with Crippen LogP contribution in [0.25, 0.3) is 0 Å². The lowest BCUT2D eigenvalue weighted by Gasteiger charge is -2.27. The molecule has 0 amide bonds. The highest BCUT2D eigenvalue weighted by molar-refractivity contribution is 7.09. The first-order valence-electron chi connectivity index (χ1n) is 5.84. The molecule has 1 aliphatic rings. The molecule has 0 aliphatic heterocycles. The van der Waals surface area contributed by atoms with Gasteiger partial charge in [0.1, 0.15) is 11.5 Å². The minimum absolute atomic E-state index is 0.669. The summed E-state index contributed by atoms with van der Waals surface area (Å²) >= 11 is 1.39. The van der Waals surface area contributed by atoms with Crippen LogP contribution in [0.15, 0.2) is 36.0 Å². The minimum atomic E-state index is -0.816. The summed E-state index contributed by atoms with van der Waals surface area (Å²) in [5, 5.41) is 20.2. The van der Waals surface area contributed by atoms with E-state index in [1.54, 1.807) is 11.7 Å². The van der Waals surface area contributed by atoms with Gasteiger partial charge in [-0.1, -0.05) is 24.3 Å². The van der Waals surface area contributed by atoms with Crippen molar-refractivity contribution >= 4 is 11.3 Å². The van der Waals surface area contributed by atoms with Gasteiger partial charge in [-0.2, -0.15) is 5.26 Å². The zero-order valence-electron chi connectivity index (χ0n) is 9.71. The van der Waals surface area contributed by atoms with Crippen LogP contribution >= 0.6 is 11.3 Å². The van der Waals surface area contributed by atoms with Crippen LogP contribution in [0.4, 0.5) is 0 Å². The summed E-state index contributed by atoms with van der Waals surface area (Å²) in [5.41, 5.74) is 3.00. The highest BCUT2D eigenvalue weighted by Gasteiger charge is 2.46. The van der Waals surface area contributed by atoms with E-state index in [2.05, 4.69) is 11.1 Å². The molecule has 3 nitrogen and oxygen atoms in total. The number of aromatic nitrogens is 1. The lowest BCUT2D eigenvalue weighted by molar-refractivity contribution is 0.114. The number of aliphatic hydroxyl groups excluding tert-OH is 1. The molecule has 0 spiro atoms. The fraction of sp³-hybridized carbons (Fsp3) is 0.286. The van der Waals surface area contributed by atoms with Crippen molar-refractivity contribution in [1.82, 2.24) is 4.98 Å². The SMILES string of the molecule is N#CC1(C(O)c2cncs2)CCc2ccccc21. The molecule has 2 atom stereocenters. The van der Waals surface area contributed by atoms with E-state index in [0.29, 0.717) is 6.42 Å². The van der Waals surface area contributed by atoms with Gasteiger partial charge < -0.3 is 5.11 Å². The van der Waals surface area contributed by atoms with Crippen molar-refractivity contribution in [3.05, 3.63) is 52.0 Å². The molecule has 0 fully saturated rings. The Morgan fingerprint density at radius 1 is 1.44 bits per heavy atom. The topological polar surface area (TPSA) is 56.9 Å². The Hall–Kier alpha value is -1.70. The quantitative estimate of drug-likeness (QED) is 0.898. The van der Waals surface area contributed by atoms with E-state index in [1.807, 2.05) is 24.3 Å². The second-order valence-corrected chi connectivity index (χ2v) is 5.46. The molecular weight excluding hydrogens is 244 g/mol.